The fourth-order valence-corrected chi connectivity index (χ4v) is 5.54. The molecule has 0 aromatic heterocycles. The zero-order valence-corrected chi connectivity index (χ0v) is 9.59. The molecule has 0 aliphatic heterocycles. The Morgan fingerprint density at radius 1 is 1.11 bits per heavy atom. The Morgan fingerprint density at radius 3 is 1.44 bits per heavy atom. The summed E-state index contributed by atoms with van der Waals surface area (Å²) < 4.78 is 1.01. The van der Waals surface area contributed by atoms with E-state index in [2.05, 4.69) is 33.5 Å². The normalized spacial score (nSPS) is 12.7. The molecular formula is C8H20Ge. The first-order valence-corrected chi connectivity index (χ1v) is 10.3. The maximum absolute atomic E-state index is 2.56. The van der Waals surface area contributed by atoms with Crippen LogP contribution in [-0.2, 0) is 0 Å². The minimum atomic E-state index is -1.25. The van der Waals surface area contributed by atoms with Gasteiger partial charge in [-0.15, -0.1) is 0 Å². The Bertz CT molecular complexity index is 72.6. The standard InChI is InChI=1S/C8H20Ge/c1-6-9(5,7-2)8(3)4/h8H,6-7H2,1-5H3. The summed E-state index contributed by atoms with van der Waals surface area (Å²) in [6, 6.07) is 0. The van der Waals surface area contributed by atoms with Crippen molar-refractivity contribution in [3.05, 3.63) is 0 Å². The summed E-state index contributed by atoms with van der Waals surface area (Å²) in [6.07, 6.45) is 0. The molecule has 0 N–H and O–H groups in total. The molecule has 0 nitrogen and oxygen atoms in total. The summed E-state index contributed by atoms with van der Waals surface area (Å²) in [6.45, 7) is 9.52. The van der Waals surface area contributed by atoms with E-state index >= 15 is 0 Å². The Labute approximate surface area is 62.4 Å². The molecular weight excluding hydrogens is 169 g/mol. The van der Waals surface area contributed by atoms with Crippen LogP contribution in [0.4, 0.5) is 0 Å². The van der Waals surface area contributed by atoms with Gasteiger partial charge in [0.1, 0.15) is 0 Å². The molecule has 0 aliphatic rings. The van der Waals surface area contributed by atoms with Gasteiger partial charge >= 0.3 is 62.0 Å². The number of rotatable bonds is 3. The van der Waals surface area contributed by atoms with Gasteiger partial charge in [-0.25, -0.2) is 0 Å². The van der Waals surface area contributed by atoms with Crippen molar-refractivity contribution < 1.29 is 0 Å². The van der Waals surface area contributed by atoms with Gasteiger partial charge in [0.15, 0.2) is 0 Å². The Hall–Kier alpha value is 0.543. The fraction of sp³-hybridized carbons (Fsp3) is 1.00. The summed E-state index contributed by atoms with van der Waals surface area (Å²) in [5.41, 5.74) is 0. The number of hydrogen-bond acceptors (Lipinski definition) is 0. The van der Waals surface area contributed by atoms with Crippen molar-refractivity contribution >= 4 is 13.3 Å². The van der Waals surface area contributed by atoms with Gasteiger partial charge in [0.25, 0.3) is 0 Å². The molecule has 0 fully saturated rings. The second kappa shape index (κ2) is 3.65. The second-order valence-corrected chi connectivity index (χ2v) is 15.8. The van der Waals surface area contributed by atoms with E-state index in [-0.39, 0.29) is 0 Å². The van der Waals surface area contributed by atoms with E-state index in [1.807, 2.05) is 0 Å². The summed E-state index contributed by atoms with van der Waals surface area (Å²) in [7, 11) is 0. The van der Waals surface area contributed by atoms with E-state index in [0.29, 0.717) is 0 Å². The third kappa shape index (κ3) is 2.32. The van der Waals surface area contributed by atoms with E-state index in [0.717, 1.165) is 4.75 Å². The molecule has 0 bridgehead atoms. The molecule has 1 heteroatoms. The Balaban J connectivity index is 3.92. The Morgan fingerprint density at radius 2 is 1.44 bits per heavy atom. The molecule has 9 heavy (non-hydrogen) atoms. The summed E-state index contributed by atoms with van der Waals surface area (Å²) in [4.78, 5) is 0. The third-order valence-corrected chi connectivity index (χ3v) is 15.6. The minimum absolute atomic E-state index is 1.01. The fourth-order valence-electron chi connectivity index (χ4n) is 1.07. The maximum atomic E-state index is 2.56. The van der Waals surface area contributed by atoms with Gasteiger partial charge in [-0.3, -0.25) is 0 Å². The first-order chi connectivity index (χ1) is 4.06. The van der Waals surface area contributed by atoms with E-state index in [9.17, 15) is 0 Å². The quantitative estimate of drug-likeness (QED) is 0.595. The van der Waals surface area contributed by atoms with E-state index in [4.69, 9.17) is 0 Å². The van der Waals surface area contributed by atoms with Crippen molar-refractivity contribution in [3.8, 4) is 0 Å². The third-order valence-electron chi connectivity index (χ3n) is 3.01. The number of hydrogen-bond donors (Lipinski definition) is 0. The molecule has 0 aliphatic carbocycles. The monoisotopic (exact) mass is 190 g/mol. The second-order valence-electron chi connectivity index (χ2n) is 3.52. The van der Waals surface area contributed by atoms with Crippen LogP contribution in [-0.4, -0.2) is 13.3 Å². The van der Waals surface area contributed by atoms with Crippen LogP contribution in [0.2, 0.25) is 21.0 Å². The molecule has 56 valence electrons. The van der Waals surface area contributed by atoms with Gasteiger partial charge in [-0.05, 0) is 0 Å². The van der Waals surface area contributed by atoms with Gasteiger partial charge in [-0.2, -0.15) is 0 Å². The molecule has 0 unspecified atom stereocenters. The van der Waals surface area contributed by atoms with Gasteiger partial charge in [0.2, 0.25) is 0 Å². The molecule has 0 radical (unpaired) electrons. The summed E-state index contributed by atoms with van der Waals surface area (Å²) >= 11 is -1.25. The van der Waals surface area contributed by atoms with Gasteiger partial charge in [0, 0.05) is 0 Å². The van der Waals surface area contributed by atoms with Gasteiger partial charge < -0.3 is 0 Å². The van der Waals surface area contributed by atoms with E-state index in [1.165, 1.54) is 10.5 Å². The summed E-state index contributed by atoms with van der Waals surface area (Å²) in [5, 5.41) is 2.99. The topological polar surface area (TPSA) is 0 Å². The van der Waals surface area contributed by atoms with Crippen LogP contribution >= 0.6 is 0 Å². The van der Waals surface area contributed by atoms with Crippen molar-refractivity contribution in [2.45, 2.75) is 48.7 Å². The van der Waals surface area contributed by atoms with E-state index < -0.39 is 13.3 Å². The van der Waals surface area contributed by atoms with Crippen LogP contribution < -0.4 is 0 Å². The molecule has 0 aromatic rings. The molecule has 0 atom stereocenters. The SMILES string of the molecule is C[CH2][Ge]([CH3])([CH2]C)[CH](C)C. The molecule has 0 saturated carbocycles. The van der Waals surface area contributed by atoms with Crippen molar-refractivity contribution in [3.63, 3.8) is 0 Å². The van der Waals surface area contributed by atoms with Crippen LogP contribution in [0, 0.1) is 0 Å². The molecule has 0 amide bonds. The van der Waals surface area contributed by atoms with Crippen molar-refractivity contribution in [2.24, 2.45) is 0 Å². The van der Waals surface area contributed by atoms with Gasteiger partial charge in [-0.1, -0.05) is 0 Å². The average molecular weight is 189 g/mol. The molecule has 0 saturated heterocycles. The van der Waals surface area contributed by atoms with Crippen LogP contribution in [0.3, 0.4) is 0 Å². The van der Waals surface area contributed by atoms with Crippen LogP contribution in [0.25, 0.3) is 0 Å². The van der Waals surface area contributed by atoms with Crippen LogP contribution in [0.5, 0.6) is 0 Å². The zero-order chi connectivity index (χ0) is 7.49. The first kappa shape index (κ1) is 9.54. The van der Waals surface area contributed by atoms with Crippen molar-refractivity contribution in [1.29, 1.82) is 0 Å². The average Bonchev–Trinajstić information content (AvgIpc) is 1.86. The van der Waals surface area contributed by atoms with Gasteiger partial charge in [0.05, 0.1) is 0 Å². The molecule has 0 spiro atoms. The zero-order valence-electron chi connectivity index (χ0n) is 7.49. The Kier molecular flexibility index (Phi) is 3.87. The summed E-state index contributed by atoms with van der Waals surface area (Å²) in [5.74, 6) is 2.56. The van der Waals surface area contributed by atoms with Crippen molar-refractivity contribution in [2.75, 3.05) is 0 Å². The predicted molar refractivity (Wildman–Crippen MR) is 47.7 cm³/mol. The molecule has 0 aromatic carbocycles. The first-order valence-electron chi connectivity index (χ1n) is 4.06. The molecule has 0 heterocycles. The molecule has 0 rings (SSSR count). The predicted octanol–water partition coefficient (Wildman–Crippen LogP) is 3.51. The van der Waals surface area contributed by atoms with Crippen molar-refractivity contribution in [1.82, 2.24) is 0 Å². The van der Waals surface area contributed by atoms with Crippen LogP contribution in [0.15, 0.2) is 0 Å². The van der Waals surface area contributed by atoms with Crippen LogP contribution in [0.1, 0.15) is 27.7 Å². The van der Waals surface area contributed by atoms with E-state index in [1.54, 1.807) is 0 Å².